The SMILES string of the molecule is CC(=O)C(N=Nc1cccc(C(=O)Nc2c(Cl)cccc2C(F)(F)F)c1Cl)C(=O)Nc1ccc(NC(=O)C(N=Nc2cccc(C(=O)Nc3c(Cl)cccc3C(F)(F)F)c2Cl)C(C)=O)c(C)c1C. The van der Waals surface area contributed by atoms with Gasteiger partial charge in [0.15, 0.2) is 11.6 Å². The minimum absolute atomic E-state index is 0.159. The molecule has 0 saturated carbocycles. The third kappa shape index (κ3) is 12.2. The highest BCUT2D eigenvalue weighted by atomic mass is 35.5. The molecule has 0 radical (unpaired) electrons. The van der Waals surface area contributed by atoms with E-state index in [4.69, 9.17) is 46.4 Å². The van der Waals surface area contributed by atoms with Gasteiger partial charge < -0.3 is 21.3 Å². The first-order valence-electron chi connectivity index (χ1n) is 19.3. The highest BCUT2D eigenvalue weighted by Gasteiger charge is 2.36. The van der Waals surface area contributed by atoms with Crippen LogP contribution < -0.4 is 21.3 Å². The molecule has 5 aromatic carbocycles. The summed E-state index contributed by atoms with van der Waals surface area (Å²) in [6.45, 7) is 5.22. The maximum Gasteiger partial charge on any atom is 0.418 e. The maximum atomic E-state index is 13.6. The van der Waals surface area contributed by atoms with Crippen molar-refractivity contribution in [2.24, 2.45) is 20.5 Å². The topological polar surface area (TPSA) is 200 Å². The van der Waals surface area contributed by atoms with Crippen LogP contribution >= 0.6 is 46.4 Å². The fourth-order valence-electron chi connectivity index (χ4n) is 6.05. The van der Waals surface area contributed by atoms with Crippen molar-refractivity contribution in [2.45, 2.75) is 52.1 Å². The Morgan fingerprint density at radius 1 is 0.500 bits per heavy atom. The average Bonchev–Trinajstić information content (AvgIpc) is 3.25. The minimum Gasteiger partial charge on any atom is -0.324 e. The smallest absolute Gasteiger partial charge is 0.324 e. The molecule has 0 spiro atoms. The summed E-state index contributed by atoms with van der Waals surface area (Å²) in [6, 6.07) is 12.5. The summed E-state index contributed by atoms with van der Waals surface area (Å²) in [6.07, 6.45) is -9.72. The highest BCUT2D eigenvalue weighted by molar-refractivity contribution is 6.38. The van der Waals surface area contributed by atoms with Gasteiger partial charge in [-0.3, -0.25) is 28.8 Å². The van der Waals surface area contributed by atoms with E-state index in [0.717, 1.165) is 50.2 Å². The lowest BCUT2D eigenvalue weighted by Gasteiger charge is -2.17. The van der Waals surface area contributed by atoms with Crippen molar-refractivity contribution in [3.63, 3.8) is 0 Å². The lowest BCUT2D eigenvalue weighted by molar-refractivity contribution is -0.137. The predicted octanol–water partition coefficient (Wildman–Crippen LogP) is 12.8. The van der Waals surface area contributed by atoms with Gasteiger partial charge in [0, 0.05) is 11.4 Å². The van der Waals surface area contributed by atoms with Crippen molar-refractivity contribution < 1.29 is 55.1 Å². The summed E-state index contributed by atoms with van der Waals surface area (Å²) in [7, 11) is 0. The number of nitrogens with zero attached hydrogens (tertiary/aromatic N) is 4. The van der Waals surface area contributed by atoms with Crippen molar-refractivity contribution in [2.75, 3.05) is 21.3 Å². The van der Waals surface area contributed by atoms with Crippen LogP contribution in [-0.4, -0.2) is 47.3 Å². The van der Waals surface area contributed by atoms with Gasteiger partial charge in [0.25, 0.3) is 23.6 Å². The second-order valence-electron chi connectivity index (χ2n) is 14.4. The van der Waals surface area contributed by atoms with Crippen LogP contribution in [0.2, 0.25) is 20.1 Å². The number of hydrogen-bond donors (Lipinski definition) is 4. The molecule has 4 N–H and O–H groups in total. The summed E-state index contributed by atoms with van der Waals surface area (Å²) in [5.41, 5.74) is -3.87. The standard InChI is InChI=1S/C44H32Cl4F6N8O6/c1-19-20(2)30(56-42(68)36(22(4)64)62-60-32-16-6-10-24(34(32)48)40(66)58-38-26(44(52,53)54)12-8-14-28(38)46)18-17-29(19)55-41(67)35(21(3)63)61-59-31-15-5-9-23(33(31)47)39(65)57-37-25(43(49,50)51)11-7-13-27(37)45/h5-18,35-36H,1-4H3,(H,55,67)(H,56,68)(H,57,65)(H,58,66). The first-order chi connectivity index (χ1) is 31.8. The molecule has 5 aromatic rings. The number of benzene rings is 5. The number of halogens is 10. The molecular weight excluding hydrogens is 992 g/mol. The number of carbonyl (C=O) groups is 6. The monoisotopic (exact) mass is 1020 g/mol. The number of anilines is 4. The number of amides is 4. The quantitative estimate of drug-likeness (QED) is 0.0484. The van der Waals surface area contributed by atoms with Gasteiger partial charge >= 0.3 is 12.4 Å². The summed E-state index contributed by atoms with van der Waals surface area (Å²) >= 11 is 24.7. The van der Waals surface area contributed by atoms with Gasteiger partial charge in [0.1, 0.15) is 11.4 Å². The Balaban J connectivity index is 1.29. The molecule has 4 amide bonds. The molecule has 68 heavy (non-hydrogen) atoms. The molecule has 24 heteroatoms. The predicted molar refractivity (Wildman–Crippen MR) is 243 cm³/mol. The second-order valence-corrected chi connectivity index (χ2v) is 15.9. The molecule has 5 rings (SSSR count). The number of ketones is 2. The molecule has 0 heterocycles. The molecule has 2 unspecified atom stereocenters. The van der Waals surface area contributed by atoms with E-state index in [1.807, 2.05) is 0 Å². The Hall–Kier alpha value is -6.74. The molecular formula is C44H32Cl4F6N8O6. The molecule has 0 aliphatic rings. The number of rotatable bonds is 14. The van der Waals surface area contributed by atoms with Crippen LogP contribution in [0.5, 0.6) is 0 Å². The second kappa shape index (κ2) is 21.5. The third-order valence-corrected chi connectivity index (χ3v) is 11.1. The van der Waals surface area contributed by atoms with Gasteiger partial charge in [0.2, 0.25) is 12.1 Å². The Kier molecular flexibility index (Phi) is 16.5. The van der Waals surface area contributed by atoms with E-state index in [1.54, 1.807) is 13.8 Å². The molecule has 0 bridgehead atoms. The van der Waals surface area contributed by atoms with E-state index in [-0.39, 0.29) is 43.9 Å². The fraction of sp³-hybridized carbons (Fsp3) is 0.182. The Morgan fingerprint density at radius 2 is 0.838 bits per heavy atom. The van der Waals surface area contributed by atoms with Crippen LogP contribution in [0.1, 0.15) is 56.8 Å². The zero-order valence-corrected chi connectivity index (χ0v) is 38.3. The first kappa shape index (κ1) is 52.2. The largest absolute Gasteiger partial charge is 0.418 e. The Labute approximate surface area is 401 Å². The third-order valence-electron chi connectivity index (χ3n) is 9.69. The first-order valence-corrected chi connectivity index (χ1v) is 20.8. The van der Waals surface area contributed by atoms with Crippen LogP contribution in [0, 0.1) is 13.8 Å². The highest BCUT2D eigenvalue weighted by Crippen LogP contribution is 2.41. The molecule has 0 saturated heterocycles. The van der Waals surface area contributed by atoms with Gasteiger partial charge in [-0.05, 0) is 99.5 Å². The van der Waals surface area contributed by atoms with Crippen molar-refractivity contribution in [1.82, 2.24) is 0 Å². The van der Waals surface area contributed by atoms with Gasteiger partial charge in [0.05, 0.1) is 53.7 Å². The number of para-hydroxylation sites is 2. The van der Waals surface area contributed by atoms with E-state index in [0.29, 0.717) is 11.1 Å². The maximum absolute atomic E-state index is 13.6. The minimum atomic E-state index is -4.86. The zero-order chi connectivity index (χ0) is 50.4. The zero-order valence-electron chi connectivity index (χ0n) is 35.3. The van der Waals surface area contributed by atoms with Gasteiger partial charge in [-0.1, -0.05) is 70.7 Å². The summed E-state index contributed by atoms with van der Waals surface area (Å²) in [5, 5.41) is 23.2. The van der Waals surface area contributed by atoms with E-state index in [2.05, 4.69) is 41.7 Å². The average molecular weight is 1020 g/mol. The molecule has 0 aliphatic heterocycles. The molecule has 2 atom stereocenters. The normalized spacial score (nSPS) is 12.7. The number of hydrogen-bond acceptors (Lipinski definition) is 10. The van der Waals surface area contributed by atoms with Crippen molar-refractivity contribution >= 4 is 116 Å². The number of alkyl halides is 6. The lowest BCUT2D eigenvalue weighted by Crippen LogP contribution is -2.33. The van der Waals surface area contributed by atoms with Gasteiger partial charge in [-0.25, -0.2) is 0 Å². The Bertz CT molecular complexity index is 2740. The van der Waals surface area contributed by atoms with Crippen molar-refractivity contribution in [1.29, 1.82) is 0 Å². The molecule has 354 valence electrons. The number of nitrogens with one attached hydrogen (secondary N) is 4. The molecule has 0 aromatic heterocycles. The number of azo groups is 2. The fourth-order valence-corrected chi connectivity index (χ4v) is 6.99. The van der Waals surface area contributed by atoms with E-state index in [9.17, 15) is 55.1 Å². The van der Waals surface area contributed by atoms with Crippen LogP contribution in [0.25, 0.3) is 0 Å². The molecule has 0 aliphatic carbocycles. The van der Waals surface area contributed by atoms with Gasteiger partial charge in [-0.2, -0.15) is 46.8 Å². The van der Waals surface area contributed by atoms with Crippen LogP contribution in [-0.2, 0) is 31.5 Å². The van der Waals surface area contributed by atoms with Crippen molar-refractivity contribution in [3.05, 3.63) is 138 Å². The number of carbonyl (C=O) groups excluding carboxylic acids is 6. The van der Waals surface area contributed by atoms with Crippen LogP contribution in [0.4, 0.5) is 60.5 Å². The lowest BCUT2D eigenvalue weighted by atomic mass is 10.0. The van der Waals surface area contributed by atoms with E-state index in [1.165, 1.54) is 48.5 Å². The van der Waals surface area contributed by atoms with E-state index < -0.39 is 92.2 Å². The van der Waals surface area contributed by atoms with Crippen LogP contribution in [0.15, 0.2) is 105 Å². The summed E-state index contributed by atoms with van der Waals surface area (Å²) in [4.78, 5) is 78.2. The summed E-state index contributed by atoms with van der Waals surface area (Å²) < 4.78 is 81.7. The summed E-state index contributed by atoms with van der Waals surface area (Å²) in [5.74, 6) is -5.64. The molecule has 14 nitrogen and oxygen atoms in total. The van der Waals surface area contributed by atoms with E-state index >= 15 is 0 Å². The van der Waals surface area contributed by atoms with Crippen molar-refractivity contribution in [3.8, 4) is 0 Å². The number of Topliss-reactive ketones (excluding diaryl/α,β-unsaturated/α-hetero) is 2. The van der Waals surface area contributed by atoms with Gasteiger partial charge in [-0.15, -0.1) is 0 Å². The van der Waals surface area contributed by atoms with Crippen LogP contribution in [0.3, 0.4) is 0 Å². The Morgan fingerprint density at radius 3 is 1.16 bits per heavy atom. The molecule has 0 fully saturated rings.